The molecule has 26 heteroatoms. The zero-order valence-electron chi connectivity index (χ0n) is 45.2. The van der Waals surface area contributed by atoms with E-state index in [1.165, 1.54) is 0 Å². The Morgan fingerprint density at radius 1 is 0.463 bits per heavy atom. The molecule has 4 aromatic rings. The number of rotatable bonds is 35. The molecule has 0 saturated heterocycles. The smallest absolute Gasteiger partial charge is 0.314 e. The first-order valence-corrected chi connectivity index (χ1v) is 31.0. The van der Waals surface area contributed by atoms with Crippen LogP contribution in [0.4, 0.5) is 9.59 Å². The summed E-state index contributed by atoms with van der Waals surface area (Å²) >= 11 is 25.6. The van der Waals surface area contributed by atoms with Crippen molar-refractivity contribution >= 4 is 78.5 Å². The van der Waals surface area contributed by atoms with Crippen molar-refractivity contribution in [3.8, 4) is 0 Å². The van der Waals surface area contributed by atoms with Crippen LogP contribution in [-0.4, -0.2) is 184 Å². The summed E-state index contributed by atoms with van der Waals surface area (Å²) < 4.78 is 89.8. The molecule has 4 amide bonds. The molecule has 2 aliphatic rings. The van der Waals surface area contributed by atoms with Crippen LogP contribution in [0.15, 0.2) is 82.6 Å². The zero-order valence-corrected chi connectivity index (χ0v) is 49.8. The largest absolute Gasteiger partial charge is 0.378 e. The van der Waals surface area contributed by atoms with E-state index in [0.29, 0.717) is 125 Å². The number of nitrogens with zero attached hydrogens (tertiary/aromatic N) is 2. The minimum absolute atomic E-state index is 0.00470. The lowest BCUT2D eigenvalue weighted by atomic mass is 9.85. The lowest BCUT2D eigenvalue weighted by Crippen LogP contribution is -2.39. The average Bonchev–Trinajstić information content (AvgIpc) is 3.44. The molecule has 0 saturated carbocycles. The van der Waals surface area contributed by atoms with E-state index >= 15 is 0 Å². The first kappa shape index (κ1) is 65.2. The number of benzene rings is 4. The van der Waals surface area contributed by atoms with E-state index in [4.69, 9.17) is 74.8 Å². The van der Waals surface area contributed by atoms with E-state index < -0.39 is 20.0 Å². The number of sulfonamides is 2. The fraction of sp³-hybridized carbons (Fsp3) is 0.519. The topological polar surface area (TPSA) is 236 Å². The van der Waals surface area contributed by atoms with Crippen LogP contribution in [0.1, 0.15) is 58.1 Å². The number of amides is 4. The maximum atomic E-state index is 12.9. The van der Waals surface area contributed by atoms with Crippen molar-refractivity contribution in [2.45, 2.75) is 47.6 Å². The number of hydrogen-bond acceptors (Lipinski definition) is 14. The molecule has 2 aliphatic heterocycles. The maximum Gasteiger partial charge on any atom is 0.314 e. The monoisotopic (exact) mass is 1230 g/mol. The summed E-state index contributed by atoms with van der Waals surface area (Å²) in [5.74, 6) is 0.00939. The highest BCUT2D eigenvalue weighted by atomic mass is 35.5. The van der Waals surface area contributed by atoms with Crippen LogP contribution < -0.4 is 30.7 Å². The molecule has 2 unspecified atom stereocenters. The standard InChI is InChI=1S/C54H74Cl4N8O12S2/c1-65-35-47(45-31-41(55)33-51(57)49(45)37-65)39-5-9-43(10-6-39)79(69,70)63-17-21-75-25-29-77-27-23-73-19-15-61-53(67)59-13-3-4-14-60-54(68)62-16-20-74-24-28-78-30-26-76-22-18-64-80(71,72)44-11-7-40(8-12-44)48-36-66(2)38-50-46(48)32-42(56)34-52(50)58/h5-12,31-34,47-48,63-64H,3-4,13-30,35-38H2,1-2H3,(H2,59,61,67)(H2,60,62,68). The zero-order chi connectivity index (χ0) is 57.3. The van der Waals surface area contributed by atoms with E-state index in [2.05, 4.69) is 40.5 Å². The fourth-order valence-corrected chi connectivity index (χ4v) is 12.2. The molecule has 4 aromatic carbocycles. The van der Waals surface area contributed by atoms with Crippen molar-refractivity contribution in [1.82, 2.24) is 40.5 Å². The van der Waals surface area contributed by atoms with Gasteiger partial charge in [0.25, 0.3) is 0 Å². The van der Waals surface area contributed by atoms with Gasteiger partial charge in [0.15, 0.2) is 0 Å². The summed E-state index contributed by atoms with van der Waals surface area (Å²) in [6, 6.07) is 20.5. The van der Waals surface area contributed by atoms with E-state index in [1.807, 2.05) is 50.5 Å². The number of likely N-dealkylation sites (N-methyl/N-ethyl adjacent to an activating group) is 2. The van der Waals surface area contributed by atoms with Gasteiger partial charge in [0.1, 0.15) is 0 Å². The van der Waals surface area contributed by atoms with E-state index in [0.717, 1.165) is 46.5 Å². The van der Waals surface area contributed by atoms with E-state index in [9.17, 15) is 26.4 Å². The van der Waals surface area contributed by atoms with Crippen molar-refractivity contribution in [3.63, 3.8) is 0 Å². The fourth-order valence-electron chi connectivity index (χ4n) is 9.02. The van der Waals surface area contributed by atoms with Gasteiger partial charge in [0.2, 0.25) is 20.0 Å². The second-order valence-corrected chi connectivity index (χ2v) is 24.3. The Bertz CT molecular complexity index is 2620. The summed E-state index contributed by atoms with van der Waals surface area (Å²) in [5.41, 5.74) is 6.11. The highest BCUT2D eigenvalue weighted by molar-refractivity contribution is 7.89. The SMILES string of the molecule is CN1Cc2c(Cl)cc(Cl)cc2C(c2ccc(S(=O)(=O)NCCOCCOCCOCCNC(=O)NCCCCNC(=O)NCCOCCOCCOCCNS(=O)(=O)c3ccc(C4CN(C)Cc5c(Cl)cc(Cl)cc54)cc3)cc2)C1. The molecular weight excluding hydrogens is 1160 g/mol. The van der Waals surface area contributed by atoms with Gasteiger partial charge in [0, 0.05) is 97.4 Å². The molecule has 20 nitrogen and oxygen atoms in total. The van der Waals surface area contributed by atoms with Crippen molar-refractivity contribution in [1.29, 1.82) is 0 Å². The third-order valence-corrected chi connectivity index (χ3v) is 17.0. The lowest BCUT2D eigenvalue weighted by Gasteiger charge is -2.33. The van der Waals surface area contributed by atoms with Crippen molar-refractivity contribution in [2.24, 2.45) is 0 Å². The van der Waals surface area contributed by atoms with Crippen LogP contribution in [0, 0.1) is 0 Å². The first-order chi connectivity index (χ1) is 38.5. The molecule has 0 aliphatic carbocycles. The third kappa shape index (κ3) is 21.7. The van der Waals surface area contributed by atoms with Crippen LogP contribution in [0.3, 0.4) is 0 Å². The predicted octanol–water partition coefficient (Wildman–Crippen LogP) is 6.19. The summed E-state index contributed by atoms with van der Waals surface area (Å²) in [6.07, 6.45) is 1.34. The number of halogens is 4. The van der Waals surface area contributed by atoms with Gasteiger partial charge < -0.3 is 59.5 Å². The number of nitrogens with one attached hydrogen (secondary N) is 6. The molecule has 0 spiro atoms. The quantitative estimate of drug-likeness (QED) is 0.0282. The molecule has 0 radical (unpaired) electrons. The Balaban J connectivity index is 0.657. The minimum Gasteiger partial charge on any atom is -0.378 e. The lowest BCUT2D eigenvalue weighted by molar-refractivity contribution is 0.0165. The molecule has 6 N–H and O–H groups in total. The van der Waals surface area contributed by atoms with Crippen LogP contribution in [0.25, 0.3) is 0 Å². The van der Waals surface area contributed by atoms with Gasteiger partial charge in [-0.2, -0.15) is 0 Å². The molecule has 0 bridgehead atoms. The van der Waals surface area contributed by atoms with Gasteiger partial charge in [-0.25, -0.2) is 35.9 Å². The molecule has 6 rings (SSSR count). The Hall–Kier alpha value is -3.92. The van der Waals surface area contributed by atoms with Crippen molar-refractivity contribution in [2.75, 3.05) is 146 Å². The number of carbonyl (C=O) groups excluding carboxylic acids is 2. The van der Waals surface area contributed by atoms with E-state index in [-0.39, 0.29) is 73.2 Å². The summed E-state index contributed by atoms with van der Waals surface area (Å²) in [6.45, 7) is 8.13. The number of hydrogen-bond donors (Lipinski definition) is 6. The summed E-state index contributed by atoms with van der Waals surface area (Å²) in [5, 5.41) is 13.4. The summed E-state index contributed by atoms with van der Waals surface area (Å²) in [7, 11) is -3.42. The second kappa shape index (κ2) is 34.0. The highest BCUT2D eigenvalue weighted by Gasteiger charge is 2.29. The Morgan fingerprint density at radius 3 is 1.12 bits per heavy atom. The van der Waals surface area contributed by atoms with Gasteiger partial charge >= 0.3 is 12.1 Å². The maximum absolute atomic E-state index is 12.9. The molecule has 80 heavy (non-hydrogen) atoms. The molecule has 442 valence electrons. The van der Waals surface area contributed by atoms with Crippen molar-refractivity contribution in [3.05, 3.63) is 126 Å². The number of unbranched alkanes of at least 4 members (excludes halogenated alkanes) is 1. The number of urea groups is 2. The number of ether oxygens (including phenoxy) is 6. The highest BCUT2D eigenvalue weighted by Crippen LogP contribution is 2.40. The first-order valence-electron chi connectivity index (χ1n) is 26.5. The molecular formula is C54H74Cl4N8O12S2. The molecule has 2 heterocycles. The van der Waals surface area contributed by atoms with Crippen LogP contribution in [0.5, 0.6) is 0 Å². The molecule has 2 atom stereocenters. The second-order valence-electron chi connectivity index (χ2n) is 19.1. The third-order valence-electron chi connectivity index (χ3n) is 13.0. The van der Waals surface area contributed by atoms with Gasteiger partial charge in [-0.05, 0) is 109 Å². The van der Waals surface area contributed by atoms with Crippen LogP contribution in [-0.2, 0) is 61.6 Å². The predicted molar refractivity (Wildman–Crippen MR) is 309 cm³/mol. The Kier molecular flexibility index (Phi) is 27.7. The van der Waals surface area contributed by atoms with Gasteiger partial charge in [0.05, 0.1) is 89.1 Å². The Labute approximate surface area is 490 Å². The summed E-state index contributed by atoms with van der Waals surface area (Å²) in [4.78, 5) is 28.8. The van der Waals surface area contributed by atoms with E-state index in [1.54, 1.807) is 36.4 Å². The van der Waals surface area contributed by atoms with Crippen LogP contribution >= 0.6 is 46.4 Å². The average molecular weight is 1230 g/mol. The minimum atomic E-state index is -3.73. The number of fused-ring (bicyclic) bond motifs is 2. The van der Waals surface area contributed by atoms with Gasteiger partial charge in [-0.1, -0.05) is 70.7 Å². The van der Waals surface area contributed by atoms with Crippen molar-refractivity contribution < 1.29 is 54.8 Å². The Morgan fingerprint density at radius 2 is 0.775 bits per heavy atom. The number of carbonyl (C=O) groups is 2. The van der Waals surface area contributed by atoms with Crippen LogP contribution in [0.2, 0.25) is 20.1 Å². The van der Waals surface area contributed by atoms with Gasteiger partial charge in [-0.3, -0.25) is 0 Å². The van der Waals surface area contributed by atoms with Gasteiger partial charge in [-0.15, -0.1) is 0 Å². The molecule has 0 aromatic heterocycles. The molecule has 0 fully saturated rings. The normalized spacial score (nSPS) is 15.8.